The zero-order valence-corrected chi connectivity index (χ0v) is 15.2. The summed E-state index contributed by atoms with van der Waals surface area (Å²) in [4.78, 5) is 38.2. The fraction of sp³-hybridized carbons (Fsp3) is 0.526. The van der Waals surface area contributed by atoms with Crippen LogP contribution in [0.15, 0.2) is 24.3 Å². The SMILES string of the molecule is COC(=O)[C@@H](NC(=O)CC1c2ccccc2CCN1C(C)=O)C(C)C. The largest absolute Gasteiger partial charge is 0.467 e. The maximum Gasteiger partial charge on any atom is 0.328 e. The Morgan fingerprint density at radius 1 is 1.28 bits per heavy atom. The molecule has 1 heterocycles. The number of benzene rings is 1. The Kier molecular flexibility index (Phi) is 6.17. The van der Waals surface area contributed by atoms with Crippen LogP contribution in [0.2, 0.25) is 0 Å². The Hall–Kier alpha value is -2.37. The molecule has 0 fully saturated rings. The van der Waals surface area contributed by atoms with Gasteiger partial charge in [0.15, 0.2) is 0 Å². The number of fused-ring (bicyclic) bond motifs is 1. The molecular formula is C19H26N2O4. The average molecular weight is 346 g/mol. The molecule has 136 valence electrons. The summed E-state index contributed by atoms with van der Waals surface area (Å²) in [5.41, 5.74) is 2.16. The number of amides is 2. The van der Waals surface area contributed by atoms with Crippen LogP contribution in [0.3, 0.4) is 0 Å². The lowest BCUT2D eigenvalue weighted by Gasteiger charge is -2.36. The molecule has 1 aromatic rings. The van der Waals surface area contributed by atoms with Crippen molar-refractivity contribution in [2.24, 2.45) is 5.92 Å². The van der Waals surface area contributed by atoms with Gasteiger partial charge in [0.1, 0.15) is 6.04 Å². The number of nitrogens with zero attached hydrogens (tertiary/aromatic N) is 1. The number of esters is 1. The third kappa shape index (κ3) is 4.38. The Morgan fingerprint density at radius 3 is 2.56 bits per heavy atom. The molecule has 0 spiro atoms. The summed E-state index contributed by atoms with van der Waals surface area (Å²) in [7, 11) is 1.30. The van der Waals surface area contributed by atoms with Crippen molar-refractivity contribution in [3.8, 4) is 0 Å². The summed E-state index contributed by atoms with van der Waals surface area (Å²) in [5.74, 6) is -0.868. The quantitative estimate of drug-likeness (QED) is 0.826. The van der Waals surface area contributed by atoms with Crippen LogP contribution in [0.4, 0.5) is 0 Å². The standard InChI is InChI=1S/C19H26N2O4/c1-12(2)18(19(24)25-4)20-17(23)11-16-15-8-6-5-7-14(15)9-10-21(16)13(3)22/h5-8,12,16,18H,9-11H2,1-4H3,(H,20,23)/t16?,18-/m0/s1. The van der Waals surface area contributed by atoms with Crippen molar-refractivity contribution >= 4 is 17.8 Å². The van der Waals surface area contributed by atoms with Crippen molar-refractivity contribution in [3.05, 3.63) is 35.4 Å². The number of hydrogen-bond acceptors (Lipinski definition) is 4. The van der Waals surface area contributed by atoms with E-state index in [1.165, 1.54) is 14.0 Å². The Bertz CT molecular complexity index is 657. The fourth-order valence-corrected chi connectivity index (χ4v) is 3.28. The highest BCUT2D eigenvalue weighted by Crippen LogP contribution is 2.32. The summed E-state index contributed by atoms with van der Waals surface area (Å²) in [6.07, 6.45) is 0.904. The number of hydrogen-bond donors (Lipinski definition) is 1. The van der Waals surface area contributed by atoms with Crippen LogP contribution < -0.4 is 5.32 Å². The van der Waals surface area contributed by atoms with E-state index in [9.17, 15) is 14.4 Å². The van der Waals surface area contributed by atoms with E-state index in [1.807, 2.05) is 38.1 Å². The second-order valence-electron chi connectivity index (χ2n) is 6.69. The van der Waals surface area contributed by atoms with Crippen molar-refractivity contribution < 1.29 is 19.1 Å². The molecule has 0 radical (unpaired) electrons. The van der Waals surface area contributed by atoms with E-state index in [0.717, 1.165) is 17.5 Å². The van der Waals surface area contributed by atoms with Crippen LogP contribution in [0.5, 0.6) is 0 Å². The van der Waals surface area contributed by atoms with Gasteiger partial charge in [0.2, 0.25) is 11.8 Å². The topological polar surface area (TPSA) is 75.7 Å². The molecule has 0 saturated heterocycles. The lowest BCUT2D eigenvalue weighted by molar-refractivity contribution is -0.146. The minimum atomic E-state index is -0.692. The summed E-state index contributed by atoms with van der Waals surface area (Å²) in [6, 6.07) is 6.87. The molecule has 6 heteroatoms. The lowest BCUT2D eigenvalue weighted by atomic mass is 9.90. The third-order valence-electron chi connectivity index (χ3n) is 4.63. The molecule has 1 unspecified atom stereocenters. The Balaban J connectivity index is 2.19. The molecule has 1 aromatic carbocycles. The summed E-state index contributed by atoms with van der Waals surface area (Å²) in [6.45, 7) is 5.80. The van der Waals surface area contributed by atoms with Gasteiger partial charge in [-0.25, -0.2) is 4.79 Å². The van der Waals surface area contributed by atoms with Crippen molar-refractivity contribution in [2.45, 2.75) is 45.7 Å². The van der Waals surface area contributed by atoms with Crippen molar-refractivity contribution in [1.82, 2.24) is 10.2 Å². The maximum absolute atomic E-state index is 12.6. The lowest BCUT2D eigenvalue weighted by Crippen LogP contribution is -2.47. The predicted molar refractivity (Wildman–Crippen MR) is 93.7 cm³/mol. The Labute approximate surface area is 148 Å². The molecule has 1 N–H and O–H groups in total. The molecule has 0 aliphatic carbocycles. The van der Waals surface area contributed by atoms with Gasteiger partial charge in [-0.1, -0.05) is 38.1 Å². The van der Waals surface area contributed by atoms with E-state index in [4.69, 9.17) is 4.74 Å². The smallest absolute Gasteiger partial charge is 0.328 e. The number of rotatable bonds is 5. The first kappa shape index (κ1) is 19.0. The summed E-state index contributed by atoms with van der Waals surface area (Å²) >= 11 is 0. The van der Waals surface area contributed by atoms with Crippen molar-refractivity contribution in [3.63, 3.8) is 0 Å². The number of carbonyl (C=O) groups is 3. The average Bonchev–Trinajstić information content (AvgIpc) is 2.58. The third-order valence-corrected chi connectivity index (χ3v) is 4.63. The van der Waals surface area contributed by atoms with Gasteiger partial charge < -0.3 is 15.0 Å². The minimum Gasteiger partial charge on any atom is -0.467 e. The molecule has 2 amide bonds. The fourth-order valence-electron chi connectivity index (χ4n) is 3.28. The molecule has 25 heavy (non-hydrogen) atoms. The molecule has 1 aliphatic heterocycles. The number of carbonyl (C=O) groups excluding carboxylic acids is 3. The normalized spacial score (nSPS) is 17.6. The maximum atomic E-state index is 12.6. The highest BCUT2D eigenvalue weighted by molar-refractivity contribution is 5.85. The number of methoxy groups -OCH3 is 1. The molecule has 0 aromatic heterocycles. The van der Waals surface area contributed by atoms with Crippen LogP contribution in [-0.4, -0.2) is 42.4 Å². The summed E-state index contributed by atoms with van der Waals surface area (Å²) in [5, 5.41) is 2.75. The number of ether oxygens (including phenoxy) is 1. The second-order valence-corrected chi connectivity index (χ2v) is 6.69. The highest BCUT2D eigenvalue weighted by Gasteiger charge is 2.32. The van der Waals surface area contributed by atoms with E-state index in [2.05, 4.69) is 5.32 Å². The minimum absolute atomic E-state index is 0.0549. The van der Waals surface area contributed by atoms with Gasteiger partial charge in [-0.3, -0.25) is 9.59 Å². The Morgan fingerprint density at radius 2 is 1.96 bits per heavy atom. The first-order valence-corrected chi connectivity index (χ1v) is 8.57. The van der Waals surface area contributed by atoms with Crippen LogP contribution in [0, 0.1) is 5.92 Å². The van der Waals surface area contributed by atoms with Gasteiger partial charge in [0, 0.05) is 13.5 Å². The van der Waals surface area contributed by atoms with Crippen LogP contribution in [0.25, 0.3) is 0 Å². The van der Waals surface area contributed by atoms with Gasteiger partial charge in [-0.2, -0.15) is 0 Å². The van der Waals surface area contributed by atoms with Crippen LogP contribution in [-0.2, 0) is 25.5 Å². The van der Waals surface area contributed by atoms with Crippen LogP contribution >= 0.6 is 0 Å². The van der Waals surface area contributed by atoms with Crippen molar-refractivity contribution in [1.29, 1.82) is 0 Å². The van der Waals surface area contributed by atoms with E-state index < -0.39 is 12.0 Å². The first-order valence-electron chi connectivity index (χ1n) is 8.57. The summed E-state index contributed by atoms with van der Waals surface area (Å²) < 4.78 is 4.76. The van der Waals surface area contributed by atoms with E-state index in [1.54, 1.807) is 4.90 Å². The molecule has 2 atom stereocenters. The number of nitrogens with one attached hydrogen (secondary N) is 1. The monoisotopic (exact) mass is 346 g/mol. The molecule has 6 nitrogen and oxygen atoms in total. The zero-order chi connectivity index (χ0) is 18.6. The molecule has 2 rings (SSSR count). The zero-order valence-electron chi connectivity index (χ0n) is 15.2. The van der Waals surface area contributed by atoms with E-state index in [-0.39, 0.29) is 30.2 Å². The first-order chi connectivity index (χ1) is 11.8. The predicted octanol–water partition coefficient (Wildman–Crippen LogP) is 1.84. The second kappa shape index (κ2) is 8.14. The van der Waals surface area contributed by atoms with Gasteiger partial charge in [0.25, 0.3) is 0 Å². The van der Waals surface area contributed by atoms with Gasteiger partial charge in [0.05, 0.1) is 19.6 Å². The molecule has 1 aliphatic rings. The van der Waals surface area contributed by atoms with E-state index in [0.29, 0.717) is 6.54 Å². The molecule has 0 bridgehead atoms. The van der Waals surface area contributed by atoms with Gasteiger partial charge >= 0.3 is 5.97 Å². The highest BCUT2D eigenvalue weighted by atomic mass is 16.5. The molecular weight excluding hydrogens is 320 g/mol. The molecule has 0 saturated carbocycles. The van der Waals surface area contributed by atoms with Gasteiger partial charge in [-0.15, -0.1) is 0 Å². The van der Waals surface area contributed by atoms with Crippen LogP contribution in [0.1, 0.15) is 44.4 Å². The van der Waals surface area contributed by atoms with E-state index >= 15 is 0 Å². The van der Waals surface area contributed by atoms with Crippen molar-refractivity contribution in [2.75, 3.05) is 13.7 Å². The van der Waals surface area contributed by atoms with Gasteiger partial charge in [-0.05, 0) is 23.5 Å².